The average molecular weight is 222 g/mol. The molecule has 2 rings (SSSR count). The van der Waals surface area contributed by atoms with Crippen LogP contribution in [0.25, 0.3) is 11.3 Å². The molecule has 3 nitrogen and oxygen atoms in total. The molecule has 0 amide bonds. The maximum atomic E-state index is 5.98. The van der Waals surface area contributed by atoms with Crippen molar-refractivity contribution in [2.75, 3.05) is 5.73 Å². The first-order valence-electron chi connectivity index (χ1n) is 4.63. The summed E-state index contributed by atoms with van der Waals surface area (Å²) in [6.45, 7) is 2.00. The minimum absolute atomic E-state index is 0.641. The summed E-state index contributed by atoms with van der Waals surface area (Å²) in [5, 5.41) is 5.01. The lowest BCUT2D eigenvalue weighted by molar-refractivity contribution is 0.782. The number of aryl methyl sites for hydroxylation is 2. The number of benzene rings is 1. The number of hydrogen-bond acceptors (Lipinski definition) is 2. The maximum Gasteiger partial charge on any atom is 0.121 e. The number of nitrogens with two attached hydrogens (primary N) is 1. The van der Waals surface area contributed by atoms with E-state index in [0.717, 1.165) is 16.8 Å². The molecule has 0 atom stereocenters. The Balaban J connectivity index is 2.53. The van der Waals surface area contributed by atoms with Crippen molar-refractivity contribution in [2.24, 2.45) is 7.05 Å². The van der Waals surface area contributed by atoms with E-state index in [9.17, 15) is 0 Å². The van der Waals surface area contributed by atoms with Gasteiger partial charge in [-0.05, 0) is 30.7 Å². The molecule has 15 heavy (non-hydrogen) atoms. The van der Waals surface area contributed by atoms with Crippen molar-refractivity contribution in [3.63, 3.8) is 0 Å². The molecule has 0 saturated heterocycles. The first-order valence-corrected chi connectivity index (χ1v) is 5.01. The zero-order valence-electron chi connectivity index (χ0n) is 8.66. The van der Waals surface area contributed by atoms with Crippen molar-refractivity contribution in [3.8, 4) is 11.3 Å². The summed E-state index contributed by atoms with van der Waals surface area (Å²) >= 11 is 5.98. The molecule has 0 bridgehead atoms. The van der Waals surface area contributed by atoms with Crippen molar-refractivity contribution in [3.05, 3.63) is 34.9 Å². The van der Waals surface area contributed by atoms with E-state index in [0.29, 0.717) is 10.8 Å². The predicted octanol–water partition coefficient (Wildman–Crippen LogP) is 2.63. The third-order valence-electron chi connectivity index (χ3n) is 2.25. The third kappa shape index (κ3) is 1.97. The molecule has 0 aliphatic carbocycles. The van der Waals surface area contributed by atoms with E-state index in [1.807, 2.05) is 38.2 Å². The Morgan fingerprint density at radius 1 is 1.27 bits per heavy atom. The van der Waals surface area contributed by atoms with Gasteiger partial charge in [-0.1, -0.05) is 11.6 Å². The van der Waals surface area contributed by atoms with Gasteiger partial charge in [-0.2, -0.15) is 5.10 Å². The summed E-state index contributed by atoms with van der Waals surface area (Å²) in [6, 6.07) is 7.67. The summed E-state index contributed by atoms with van der Waals surface area (Å²) in [5.41, 5.74) is 8.67. The second-order valence-corrected chi connectivity index (χ2v) is 4.03. The van der Waals surface area contributed by atoms with E-state index < -0.39 is 0 Å². The molecular weight excluding hydrogens is 210 g/mol. The maximum absolute atomic E-state index is 5.98. The predicted molar refractivity (Wildman–Crippen MR) is 62.8 cm³/mol. The summed E-state index contributed by atoms with van der Waals surface area (Å²) in [6.07, 6.45) is 0. The van der Waals surface area contributed by atoms with Gasteiger partial charge in [0.15, 0.2) is 0 Å². The van der Waals surface area contributed by atoms with Gasteiger partial charge < -0.3 is 5.73 Å². The van der Waals surface area contributed by atoms with Gasteiger partial charge in [0.2, 0.25) is 0 Å². The standard InChI is InChI=1S/C11H12ClN3/c1-7-3-8(5-9(12)4-7)10-6-11(13)15(2)14-10/h3-6H,13H2,1-2H3. The second-order valence-electron chi connectivity index (χ2n) is 3.60. The fraction of sp³-hybridized carbons (Fsp3) is 0.182. The SMILES string of the molecule is Cc1cc(Cl)cc(-c2cc(N)n(C)n2)c1. The van der Waals surface area contributed by atoms with Crippen molar-refractivity contribution in [1.29, 1.82) is 0 Å². The van der Waals surface area contributed by atoms with Crippen LogP contribution in [0.3, 0.4) is 0 Å². The van der Waals surface area contributed by atoms with Crippen molar-refractivity contribution >= 4 is 17.4 Å². The van der Waals surface area contributed by atoms with Gasteiger partial charge in [0, 0.05) is 23.7 Å². The molecule has 1 aromatic carbocycles. The highest BCUT2D eigenvalue weighted by molar-refractivity contribution is 6.30. The van der Waals surface area contributed by atoms with Crippen molar-refractivity contribution in [1.82, 2.24) is 9.78 Å². The highest BCUT2D eigenvalue weighted by atomic mass is 35.5. The number of rotatable bonds is 1. The van der Waals surface area contributed by atoms with Gasteiger partial charge in [0.05, 0.1) is 5.69 Å². The number of anilines is 1. The summed E-state index contributed by atoms with van der Waals surface area (Å²) in [7, 11) is 1.82. The lowest BCUT2D eigenvalue weighted by Gasteiger charge is -2.00. The first kappa shape index (κ1) is 10.1. The fourth-order valence-electron chi connectivity index (χ4n) is 1.51. The molecule has 0 aliphatic rings. The minimum atomic E-state index is 0.641. The Labute approximate surface area is 93.5 Å². The van der Waals surface area contributed by atoms with Gasteiger partial charge in [-0.3, -0.25) is 4.68 Å². The Morgan fingerprint density at radius 3 is 2.53 bits per heavy atom. The van der Waals surface area contributed by atoms with Crippen LogP contribution in [0.5, 0.6) is 0 Å². The number of nitrogens with zero attached hydrogens (tertiary/aromatic N) is 2. The van der Waals surface area contributed by atoms with Crippen LogP contribution in [-0.4, -0.2) is 9.78 Å². The molecule has 0 radical (unpaired) electrons. The molecule has 0 aliphatic heterocycles. The number of nitrogen functional groups attached to an aromatic ring is 1. The van der Waals surface area contributed by atoms with Gasteiger partial charge in [-0.25, -0.2) is 0 Å². The van der Waals surface area contributed by atoms with Crippen molar-refractivity contribution in [2.45, 2.75) is 6.92 Å². The van der Waals surface area contributed by atoms with E-state index in [2.05, 4.69) is 5.10 Å². The van der Waals surface area contributed by atoms with Crippen LogP contribution >= 0.6 is 11.6 Å². The summed E-state index contributed by atoms with van der Waals surface area (Å²) in [5.74, 6) is 0.641. The number of aromatic nitrogens is 2. The largest absolute Gasteiger partial charge is 0.384 e. The van der Waals surface area contributed by atoms with Crippen LogP contribution in [0, 0.1) is 6.92 Å². The zero-order valence-corrected chi connectivity index (χ0v) is 9.42. The quantitative estimate of drug-likeness (QED) is 0.805. The van der Waals surface area contributed by atoms with E-state index in [1.165, 1.54) is 0 Å². The third-order valence-corrected chi connectivity index (χ3v) is 2.47. The normalized spacial score (nSPS) is 10.6. The van der Waals surface area contributed by atoms with Gasteiger partial charge in [0.1, 0.15) is 5.82 Å². The first-order chi connectivity index (χ1) is 7.06. The average Bonchev–Trinajstić information content (AvgIpc) is 2.45. The number of hydrogen-bond donors (Lipinski definition) is 1. The molecule has 0 spiro atoms. The summed E-state index contributed by atoms with van der Waals surface area (Å²) in [4.78, 5) is 0. The van der Waals surface area contributed by atoms with Crippen LogP contribution < -0.4 is 5.73 Å². The van der Waals surface area contributed by atoms with E-state index in [-0.39, 0.29) is 0 Å². The van der Waals surface area contributed by atoms with Gasteiger partial charge in [0.25, 0.3) is 0 Å². The molecule has 1 aromatic heterocycles. The highest BCUT2D eigenvalue weighted by Gasteiger charge is 2.05. The van der Waals surface area contributed by atoms with Gasteiger partial charge in [-0.15, -0.1) is 0 Å². The topological polar surface area (TPSA) is 43.8 Å². The molecular formula is C11H12ClN3. The Hall–Kier alpha value is -1.48. The van der Waals surface area contributed by atoms with E-state index in [4.69, 9.17) is 17.3 Å². The fourth-order valence-corrected chi connectivity index (χ4v) is 1.80. The minimum Gasteiger partial charge on any atom is -0.384 e. The van der Waals surface area contributed by atoms with Crippen LogP contribution in [0.2, 0.25) is 5.02 Å². The Bertz CT molecular complexity index is 463. The second kappa shape index (κ2) is 3.59. The molecule has 2 aromatic rings. The molecule has 4 heteroatoms. The zero-order chi connectivity index (χ0) is 11.0. The molecule has 78 valence electrons. The van der Waals surface area contributed by atoms with Crippen molar-refractivity contribution < 1.29 is 0 Å². The summed E-state index contributed by atoms with van der Waals surface area (Å²) < 4.78 is 1.64. The molecule has 0 saturated carbocycles. The van der Waals surface area contributed by atoms with Crippen LogP contribution in [0.1, 0.15) is 5.56 Å². The smallest absolute Gasteiger partial charge is 0.121 e. The Morgan fingerprint density at radius 2 is 2.00 bits per heavy atom. The molecule has 0 fully saturated rings. The van der Waals surface area contributed by atoms with Crippen LogP contribution in [0.15, 0.2) is 24.3 Å². The van der Waals surface area contributed by atoms with E-state index in [1.54, 1.807) is 4.68 Å². The molecule has 1 heterocycles. The van der Waals surface area contributed by atoms with Gasteiger partial charge >= 0.3 is 0 Å². The number of halogens is 1. The molecule has 2 N–H and O–H groups in total. The van der Waals surface area contributed by atoms with Crippen LogP contribution in [0.4, 0.5) is 5.82 Å². The lowest BCUT2D eigenvalue weighted by Crippen LogP contribution is -1.96. The van der Waals surface area contributed by atoms with E-state index >= 15 is 0 Å². The van der Waals surface area contributed by atoms with Crippen LogP contribution in [-0.2, 0) is 7.05 Å². The monoisotopic (exact) mass is 221 g/mol. The highest BCUT2D eigenvalue weighted by Crippen LogP contribution is 2.24. The molecule has 0 unspecified atom stereocenters. The lowest BCUT2D eigenvalue weighted by atomic mass is 10.1. The Kier molecular flexibility index (Phi) is 2.40.